The molecule has 3 nitrogen and oxygen atoms in total. The smallest absolute Gasteiger partial charge is 0.304 e. The van der Waals surface area contributed by atoms with Crippen LogP contribution in [0, 0.1) is 0 Å². The van der Waals surface area contributed by atoms with Crippen LogP contribution in [0.1, 0.15) is 23.5 Å². The van der Waals surface area contributed by atoms with E-state index in [2.05, 4.69) is 0 Å². The standard InChI is InChI=1S/C16H14Cl2O3/c1-21-12-5-2-10(3-6-12)13(9-16(19)20)11-4-7-14(17)15(18)8-11/h2-8,13H,9H2,1H3,(H,19,20)/t13-/m0/s1. The van der Waals surface area contributed by atoms with Gasteiger partial charge in [0.1, 0.15) is 5.75 Å². The molecule has 2 aromatic carbocycles. The summed E-state index contributed by atoms with van der Waals surface area (Å²) in [7, 11) is 1.59. The fraction of sp³-hybridized carbons (Fsp3) is 0.188. The van der Waals surface area contributed by atoms with Gasteiger partial charge in [0.2, 0.25) is 0 Å². The van der Waals surface area contributed by atoms with E-state index < -0.39 is 5.97 Å². The van der Waals surface area contributed by atoms with Gasteiger partial charge in [0, 0.05) is 5.92 Å². The molecule has 1 N–H and O–H groups in total. The molecule has 0 aromatic heterocycles. The molecule has 0 radical (unpaired) electrons. The van der Waals surface area contributed by atoms with Gasteiger partial charge in [-0.3, -0.25) is 4.79 Å². The van der Waals surface area contributed by atoms with Gasteiger partial charge in [-0.15, -0.1) is 0 Å². The number of carboxylic acids is 1. The molecule has 2 aromatic rings. The predicted octanol–water partition coefficient (Wildman–Crippen LogP) is 4.61. The van der Waals surface area contributed by atoms with Gasteiger partial charge in [-0.25, -0.2) is 0 Å². The Morgan fingerprint density at radius 2 is 1.71 bits per heavy atom. The highest BCUT2D eigenvalue weighted by atomic mass is 35.5. The molecule has 0 saturated heterocycles. The number of ether oxygens (including phenoxy) is 1. The molecule has 2 rings (SSSR count). The summed E-state index contributed by atoms with van der Waals surface area (Å²) in [5.41, 5.74) is 1.70. The van der Waals surface area contributed by atoms with E-state index in [1.807, 2.05) is 24.3 Å². The first-order chi connectivity index (χ1) is 10.0. The van der Waals surface area contributed by atoms with Crippen LogP contribution < -0.4 is 4.74 Å². The Balaban J connectivity index is 2.41. The van der Waals surface area contributed by atoms with E-state index in [9.17, 15) is 4.79 Å². The third-order valence-corrected chi connectivity index (χ3v) is 3.98. The quantitative estimate of drug-likeness (QED) is 0.873. The monoisotopic (exact) mass is 324 g/mol. The van der Waals surface area contributed by atoms with Crippen molar-refractivity contribution in [1.29, 1.82) is 0 Å². The number of halogens is 2. The minimum atomic E-state index is -0.873. The zero-order chi connectivity index (χ0) is 15.4. The van der Waals surface area contributed by atoms with Gasteiger partial charge in [-0.1, -0.05) is 41.4 Å². The second-order valence-corrected chi connectivity index (χ2v) is 5.41. The Hall–Kier alpha value is -1.71. The minimum absolute atomic E-state index is 0.0235. The lowest BCUT2D eigenvalue weighted by molar-refractivity contribution is -0.137. The van der Waals surface area contributed by atoms with E-state index in [1.165, 1.54) is 0 Å². The molecule has 0 bridgehead atoms. The zero-order valence-electron chi connectivity index (χ0n) is 11.3. The summed E-state index contributed by atoms with van der Waals surface area (Å²) in [5.74, 6) is -0.438. The lowest BCUT2D eigenvalue weighted by Gasteiger charge is -2.17. The SMILES string of the molecule is COc1ccc([C@H](CC(=O)O)c2ccc(Cl)c(Cl)c2)cc1. The van der Waals surface area contributed by atoms with Crippen LogP contribution in [0.4, 0.5) is 0 Å². The van der Waals surface area contributed by atoms with Crippen LogP contribution in [0.5, 0.6) is 5.75 Å². The molecule has 0 saturated carbocycles. The van der Waals surface area contributed by atoms with Crippen LogP contribution in [0.15, 0.2) is 42.5 Å². The third-order valence-electron chi connectivity index (χ3n) is 3.24. The molecule has 0 heterocycles. The molecular formula is C16H14Cl2O3. The Morgan fingerprint density at radius 1 is 1.10 bits per heavy atom. The van der Waals surface area contributed by atoms with Crippen molar-refractivity contribution in [3.8, 4) is 5.75 Å². The molecule has 0 aliphatic rings. The zero-order valence-corrected chi connectivity index (χ0v) is 12.9. The van der Waals surface area contributed by atoms with Crippen molar-refractivity contribution in [2.75, 3.05) is 7.11 Å². The Bertz CT molecular complexity index is 638. The largest absolute Gasteiger partial charge is 0.497 e. The van der Waals surface area contributed by atoms with Gasteiger partial charge >= 0.3 is 5.97 Å². The number of rotatable bonds is 5. The first-order valence-corrected chi connectivity index (χ1v) is 7.07. The van der Waals surface area contributed by atoms with Gasteiger partial charge in [0.05, 0.1) is 23.6 Å². The van der Waals surface area contributed by atoms with Crippen molar-refractivity contribution in [2.45, 2.75) is 12.3 Å². The van der Waals surface area contributed by atoms with Crippen molar-refractivity contribution in [3.05, 3.63) is 63.6 Å². The highest BCUT2D eigenvalue weighted by molar-refractivity contribution is 6.42. The Labute approximate surface area is 133 Å². The molecule has 110 valence electrons. The number of benzene rings is 2. The van der Waals surface area contributed by atoms with Crippen molar-refractivity contribution < 1.29 is 14.6 Å². The van der Waals surface area contributed by atoms with Crippen molar-refractivity contribution in [1.82, 2.24) is 0 Å². The van der Waals surface area contributed by atoms with Gasteiger partial charge in [0.25, 0.3) is 0 Å². The molecule has 0 fully saturated rings. The summed E-state index contributed by atoms with van der Waals surface area (Å²) in [4.78, 5) is 11.1. The molecule has 0 unspecified atom stereocenters. The molecule has 1 atom stereocenters. The van der Waals surface area contributed by atoms with Crippen molar-refractivity contribution in [3.63, 3.8) is 0 Å². The van der Waals surface area contributed by atoms with Crippen molar-refractivity contribution >= 4 is 29.2 Å². The Kier molecular flexibility index (Phi) is 5.10. The molecule has 0 aliphatic heterocycles. The fourth-order valence-corrected chi connectivity index (χ4v) is 2.47. The van der Waals surface area contributed by atoms with Gasteiger partial charge in [0.15, 0.2) is 0 Å². The first-order valence-electron chi connectivity index (χ1n) is 6.32. The second kappa shape index (κ2) is 6.83. The normalized spacial score (nSPS) is 12.0. The van der Waals surface area contributed by atoms with Crippen LogP contribution in [-0.2, 0) is 4.79 Å². The highest BCUT2D eigenvalue weighted by Crippen LogP contribution is 2.33. The number of hydrogen-bond donors (Lipinski definition) is 1. The minimum Gasteiger partial charge on any atom is -0.497 e. The number of methoxy groups -OCH3 is 1. The van der Waals surface area contributed by atoms with Crippen LogP contribution in [0.3, 0.4) is 0 Å². The highest BCUT2D eigenvalue weighted by Gasteiger charge is 2.19. The number of carboxylic acid groups (broad SMARTS) is 1. The van der Waals surface area contributed by atoms with Crippen LogP contribution in [0.2, 0.25) is 10.0 Å². The first kappa shape index (κ1) is 15.7. The average Bonchev–Trinajstić information content (AvgIpc) is 2.48. The van der Waals surface area contributed by atoms with Crippen molar-refractivity contribution in [2.24, 2.45) is 0 Å². The maximum absolute atomic E-state index is 11.1. The van der Waals surface area contributed by atoms with E-state index in [1.54, 1.807) is 25.3 Å². The fourth-order valence-electron chi connectivity index (χ4n) is 2.17. The van der Waals surface area contributed by atoms with Gasteiger partial charge in [-0.05, 0) is 35.4 Å². The summed E-state index contributed by atoms with van der Waals surface area (Å²) >= 11 is 11.9. The van der Waals surface area contributed by atoms with E-state index in [0.29, 0.717) is 10.0 Å². The summed E-state index contributed by atoms with van der Waals surface area (Å²) in [5, 5.41) is 10.0. The van der Waals surface area contributed by atoms with E-state index in [4.69, 9.17) is 33.0 Å². The molecule has 0 spiro atoms. The number of aliphatic carboxylic acids is 1. The predicted molar refractivity (Wildman–Crippen MR) is 83.6 cm³/mol. The third kappa shape index (κ3) is 3.90. The topological polar surface area (TPSA) is 46.5 Å². The lowest BCUT2D eigenvalue weighted by atomic mass is 9.88. The van der Waals surface area contributed by atoms with Crippen LogP contribution >= 0.6 is 23.2 Å². The lowest BCUT2D eigenvalue weighted by Crippen LogP contribution is -2.08. The summed E-state index contributed by atoms with van der Waals surface area (Å²) < 4.78 is 5.12. The average molecular weight is 325 g/mol. The number of hydrogen-bond acceptors (Lipinski definition) is 2. The van der Waals surface area contributed by atoms with Gasteiger partial charge < -0.3 is 9.84 Å². The molecule has 0 aliphatic carbocycles. The number of carbonyl (C=O) groups is 1. The second-order valence-electron chi connectivity index (χ2n) is 4.60. The molecule has 21 heavy (non-hydrogen) atoms. The molecule has 0 amide bonds. The molecular weight excluding hydrogens is 311 g/mol. The summed E-state index contributed by atoms with van der Waals surface area (Å²) in [6.07, 6.45) is -0.0235. The summed E-state index contributed by atoms with van der Waals surface area (Å²) in [6.45, 7) is 0. The van der Waals surface area contributed by atoms with Crippen LogP contribution in [0.25, 0.3) is 0 Å². The van der Waals surface area contributed by atoms with Crippen LogP contribution in [-0.4, -0.2) is 18.2 Å². The van der Waals surface area contributed by atoms with E-state index in [-0.39, 0.29) is 12.3 Å². The maximum Gasteiger partial charge on any atom is 0.304 e. The summed E-state index contributed by atoms with van der Waals surface area (Å²) in [6, 6.07) is 12.5. The maximum atomic E-state index is 11.1. The van der Waals surface area contributed by atoms with E-state index >= 15 is 0 Å². The molecule has 5 heteroatoms. The Morgan fingerprint density at radius 3 is 2.24 bits per heavy atom. The van der Waals surface area contributed by atoms with Gasteiger partial charge in [-0.2, -0.15) is 0 Å². The van der Waals surface area contributed by atoms with E-state index in [0.717, 1.165) is 16.9 Å².